The summed E-state index contributed by atoms with van der Waals surface area (Å²) in [5.74, 6) is -1.97. The first-order chi connectivity index (χ1) is 23.5. The summed E-state index contributed by atoms with van der Waals surface area (Å²) in [4.78, 5) is 45.9. The summed E-state index contributed by atoms with van der Waals surface area (Å²) in [6.45, 7) is 0.223. The van der Waals surface area contributed by atoms with Gasteiger partial charge in [-0.15, -0.1) is 0 Å². The summed E-state index contributed by atoms with van der Waals surface area (Å²) in [5, 5.41) is 11.8. The molecule has 0 saturated carbocycles. The van der Waals surface area contributed by atoms with Crippen LogP contribution in [0.1, 0.15) is 45.0 Å². The molecular formula is C35H33F6N5O4. The molecule has 0 radical (unpaired) electrons. The van der Waals surface area contributed by atoms with Gasteiger partial charge in [0.05, 0.1) is 22.1 Å². The number of amides is 2. The number of rotatable bonds is 9. The second kappa shape index (κ2) is 14.4. The van der Waals surface area contributed by atoms with Crippen molar-refractivity contribution in [3.8, 4) is 0 Å². The van der Waals surface area contributed by atoms with Crippen molar-refractivity contribution >= 4 is 34.5 Å². The highest BCUT2D eigenvalue weighted by Gasteiger charge is 2.41. The maximum absolute atomic E-state index is 14.1. The van der Waals surface area contributed by atoms with Gasteiger partial charge in [-0.2, -0.15) is 26.3 Å². The fourth-order valence-corrected chi connectivity index (χ4v) is 6.18. The molecule has 1 aromatic heterocycles. The largest absolute Gasteiger partial charge is 0.416 e. The van der Waals surface area contributed by atoms with Gasteiger partial charge in [-0.3, -0.25) is 19.7 Å². The number of fused-ring (bicyclic) bond motifs is 1. The Morgan fingerprint density at radius 2 is 1.62 bits per heavy atom. The van der Waals surface area contributed by atoms with Crippen LogP contribution in [0.25, 0.3) is 17.0 Å². The molecule has 4 aromatic rings. The van der Waals surface area contributed by atoms with Crippen molar-refractivity contribution < 1.29 is 40.9 Å². The van der Waals surface area contributed by atoms with Gasteiger partial charge >= 0.3 is 12.4 Å². The molecule has 0 bridgehead atoms. The lowest BCUT2D eigenvalue weighted by atomic mass is 9.85. The molecule has 2 heterocycles. The summed E-state index contributed by atoms with van der Waals surface area (Å²) in [6.07, 6.45) is -5.33. The Hall–Kier alpha value is -5.18. The number of aromatic amines is 1. The van der Waals surface area contributed by atoms with E-state index in [1.807, 2.05) is 43.3 Å². The molecule has 1 aliphatic heterocycles. The van der Waals surface area contributed by atoms with Gasteiger partial charge in [-0.1, -0.05) is 18.2 Å². The maximum Gasteiger partial charge on any atom is 0.416 e. The summed E-state index contributed by atoms with van der Waals surface area (Å²) in [5.41, 5.74) is -2.00. The van der Waals surface area contributed by atoms with Crippen molar-refractivity contribution in [3.63, 3.8) is 0 Å². The minimum atomic E-state index is -5.14. The van der Waals surface area contributed by atoms with Crippen molar-refractivity contribution in [2.24, 2.45) is 0 Å². The number of hydrogen-bond acceptors (Lipinski definition) is 5. The number of benzene rings is 3. The quantitative estimate of drug-likeness (QED) is 0.0860. The van der Waals surface area contributed by atoms with Crippen LogP contribution in [0.4, 0.5) is 32.0 Å². The van der Waals surface area contributed by atoms with Gasteiger partial charge in [0.2, 0.25) is 5.91 Å². The Morgan fingerprint density at radius 3 is 2.22 bits per heavy atom. The Morgan fingerprint density at radius 1 is 0.980 bits per heavy atom. The summed E-state index contributed by atoms with van der Waals surface area (Å²) in [6, 6.07) is 12.9. The van der Waals surface area contributed by atoms with E-state index in [9.17, 15) is 46.0 Å². The Balaban J connectivity index is 1.55. The average molecular weight is 702 g/mol. The zero-order valence-electron chi connectivity index (χ0n) is 27.0. The fraction of sp³-hybridized carbons (Fsp3) is 0.314. The van der Waals surface area contributed by atoms with Gasteiger partial charge in [-0.05, 0) is 80.7 Å². The monoisotopic (exact) mass is 701 g/mol. The third kappa shape index (κ3) is 8.16. The highest BCUT2D eigenvalue weighted by molar-refractivity contribution is 5.96. The first-order valence-corrected chi connectivity index (χ1v) is 15.6. The number of nitro groups is 1. The van der Waals surface area contributed by atoms with Gasteiger partial charge in [0.15, 0.2) is 0 Å². The number of carbonyl (C=O) groups is 2. The van der Waals surface area contributed by atoms with E-state index in [-0.39, 0.29) is 31.4 Å². The number of nitro benzene ring substituents is 1. The van der Waals surface area contributed by atoms with Crippen LogP contribution in [0.3, 0.4) is 0 Å². The van der Waals surface area contributed by atoms with Gasteiger partial charge in [0, 0.05) is 66.4 Å². The fourth-order valence-electron chi connectivity index (χ4n) is 6.18. The number of alkyl halides is 6. The summed E-state index contributed by atoms with van der Waals surface area (Å²) < 4.78 is 82.6. The molecule has 5 rings (SSSR count). The lowest BCUT2D eigenvalue weighted by Gasteiger charge is -2.45. The molecule has 1 fully saturated rings. The third-order valence-corrected chi connectivity index (χ3v) is 8.72. The van der Waals surface area contributed by atoms with Crippen molar-refractivity contribution in [1.82, 2.24) is 19.7 Å². The molecule has 0 spiro atoms. The van der Waals surface area contributed by atoms with Crippen molar-refractivity contribution in [1.29, 1.82) is 0 Å². The zero-order valence-corrected chi connectivity index (χ0v) is 27.0. The SMILES string of the molecule is CN(C)CCC(c1c[nH]c2ccccc12)[C@@H]1CN(C(=O)C=Cc2ccc([N+](=O)[O-])cc2)CCN1C(=O)c1cc(C(F)(F)F)cc(C(F)(F)F)c1. The van der Waals surface area contributed by atoms with Crippen LogP contribution in [-0.2, 0) is 17.1 Å². The molecule has 0 aliphatic carbocycles. The van der Waals surface area contributed by atoms with E-state index in [1.54, 1.807) is 6.20 Å². The number of H-pyrrole nitrogens is 1. The number of halogens is 6. The van der Waals surface area contributed by atoms with Crippen LogP contribution in [0, 0.1) is 10.1 Å². The molecule has 2 atom stereocenters. The standard InChI is InChI=1S/C35H33F6N5O4/c1-43(2)14-13-28(29-20-42-30-6-4-3-5-27(29)30)31-21-44(32(47)12-9-22-7-10-26(11-8-22)46(49)50)15-16-45(31)33(48)23-17-24(34(36,37)38)19-25(18-23)35(39,40)41/h3-12,17-20,28,31,42H,13-16,21H2,1-2H3/t28?,31-/m0/s1. The molecule has 264 valence electrons. The molecule has 1 saturated heterocycles. The van der Waals surface area contributed by atoms with E-state index in [1.165, 1.54) is 46.2 Å². The molecule has 9 nitrogen and oxygen atoms in total. The third-order valence-electron chi connectivity index (χ3n) is 8.72. The number of piperazine rings is 1. The number of non-ortho nitro benzene ring substituents is 1. The van der Waals surface area contributed by atoms with Crippen LogP contribution >= 0.6 is 0 Å². The molecule has 1 unspecified atom stereocenters. The highest BCUT2D eigenvalue weighted by atomic mass is 19.4. The summed E-state index contributed by atoms with van der Waals surface area (Å²) in [7, 11) is 3.69. The molecule has 50 heavy (non-hydrogen) atoms. The average Bonchev–Trinajstić information content (AvgIpc) is 3.50. The van der Waals surface area contributed by atoms with Crippen LogP contribution in [-0.4, -0.2) is 82.7 Å². The van der Waals surface area contributed by atoms with E-state index in [4.69, 9.17) is 0 Å². The second-order valence-electron chi connectivity index (χ2n) is 12.3. The number of carbonyl (C=O) groups excluding carboxylic acids is 2. The van der Waals surface area contributed by atoms with Crippen LogP contribution in [0.5, 0.6) is 0 Å². The first kappa shape index (κ1) is 36.1. The zero-order chi connectivity index (χ0) is 36.4. The van der Waals surface area contributed by atoms with Crippen molar-refractivity contribution in [2.75, 3.05) is 40.3 Å². The normalized spacial score (nSPS) is 16.4. The molecule has 3 aromatic carbocycles. The van der Waals surface area contributed by atoms with Gasteiger partial charge in [0.25, 0.3) is 11.6 Å². The second-order valence-corrected chi connectivity index (χ2v) is 12.3. The Bertz CT molecular complexity index is 1870. The topological polar surface area (TPSA) is 103 Å². The predicted molar refractivity (Wildman–Crippen MR) is 174 cm³/mol. The minimum absolute atomic E-state index is 0.0199. The number of nitrogens with zero attached hydrogens (tertiary/aromatic N) is 4. The maximum atomic E-state index is 14.1. The van der Waals surface area contributed by atoms with Gasteiger partial charge in [0.1, 0.15) is 0 Å². The highest BCUT2D eigenvalue weighted by Crippen LogP contribution is 2.39. The van der Waals surface area contributed by atoms with Crippen molar-refractivity contribution in [2.45, 2.75) is 30.7 Å². The Labute approximate surface area is 282 Å². The number of aromatic nitrogens is 1. The van der Waals surface area contributed by atoms with E-state index in [0.717, 1.165) is 16.5 Å². The lowest BCUT2D eigenvalue weighted by molar-refractivity contribution is -0.384. The molecule has 15 heteroatoms. The van der Waals surface area contributed by atoms with Crippen molar-refractivity contribution in [3.05, 3.63) is 117 Å². The summed E-state index contributed by atoms with van der Waals surface area (Å²) >= 11 is 0. The molecule has 1 aliphatic rings. The smallest absolute Gasteiger partial charge is 0.361 e. The van der Waals surface area contributed by atoms with Gasteiger partial charge in [-0.25, -0.2) is 0 Å². The lowest BCUT2D eigenvalue weighted by Crippen LogP contribution is -2.58. The minimum Gasteiger partial charge on any atom is -0.361 e. The molecule has 1 N–H and O–H groups in total. The predicted octanol–water partition coefficient (Wildman–Crippen LogP) is 7.22. The Kier molecular flexibility index (Phi) is 10.4. The number of para-hydroxylation sites is 1. The van der Waals surface area contributed by atoms with E-state index < -0.39 is 57.7 Å². The molecule has 2 amide bonds. The van der Waals surface area contributed by atoms with E-state index in [2.05, 4.69) is 4.98 Å². The van der Waals surface area contributed by atoms with Gasteiger partial charge < -0.3 is 19.7 Å². The number of hydrogen-bond donors (Lipinski definition) is 1. The molecular weight excluding hydrogens is 668 g/mol. The van der Waals surface area contributed by atoms with Crippen LogP contribution in [0.2, 0.25) is 0 Å². The van der Waals surface area contributed by atoms with Crippen LogP contribution < -0.4 is 0 Å². The van der Waals surface area contributed by atoms with E-state index >= 15 is 0 Å². The number of nitrogens with one attached hydrogen (secondary N) is 1. The first-order valence-electron chi connectivity index (χ1n) is 15.6. The van der Waals surface area contributed by atoms with E-state index in [0.29, 0.717) is 30.7 Å². The van der Waals surface area contributed by atoms with Crippen LogP contribution in [0.15, 0.2) is 79.0 Å².